The minimum Gasteiger partial charge on any atom is -0.444 e. The Hall–Kier alpha value is -0.850. The smallest absolute Gasteiger partial charge is 0.410 e. The molecular formula is C17H33N3O3. The highest BCUT2D eigenvalue weighted by molar-refractivity contribution is 5.68. The van der Waals surface area contributed by atoms with Gasteiger partial charge in [-0.15, -0.1) is 0 Å². The molecule has 23 heavy (non-hydrogen) atoms. The lowest BCUT2D eigenvalue weighted by molar-refractivity contribution is 0.0285. The monoisotopic (exact) mass is 327 g/mol. The first-order chi connectivity index (χ1) is 10.9. The SMILES string of the molecule is CC(C)(C)OC(=O)N1CCC(C(CCCC2CCCO2)NN)C1. The van der Waals surface area contributed by atoms with Gasteiger partial charge in [0.25, 0.3) is 0 Å². The number of likely N-dealkylation sites (tertiary alicyclic amines) is 1. The van der Waals surface area contributed by atoms with Crippen LogP contribution in [0.25, 0.3) is 0 Å². The quantitative estimate of drug-likeness (QED) is 0.579. The van der Waals surface area contributed by atoms with Gasteiger partial charge in [-0.3, -0.25) is 11.3 Å². The Kier molecular flexibility index (Phi) is 6.68. The van der Waals surface area contributed by atoms with E-state index in [1.54, 1.807) is 4.90 Å². The molecule has 0 aromatic heterocycles. The zero-order chi connectivity index (χ0) is 16.9. The lowest BCUT2D eigenvalue weighted by Gasteiger charge is -2.26. The van der Waals surface area contributed by atoms with Crippen LogP contribution in [0.5, 0.6) is 0 Å². The summed E-state index contributed by atoms with van der Waals surface area (Å²) in [7, 11) is 0. The van der Waals surface area contributed by atoms with Gasteiger partial charge in [0.1, 0.15) is 5.60 Å². The molecule has 0 aliphatic carbocycles. The van der Waals surface area contributed by atoms with E-state index in [2.05, 4.69) is 5.43 Å². The Morgan fingerprint density at radius 3 is 2.83 bits per heavy atom. The molecule has 0 saturated carbocycles. The van der Waals surface area contributed by atoms with Crippen molar-refractivity contribution in [2.45, 2.75) is 77.0 Å². The molecule has 0 aromatic carbocycles. The fourth-order valence-corrected chi connectivity index (χ4v) is 3.50. The molecule has 0 spiro atoms. The van der Waals surface area contributed by atoms with Gasteiger partial charge in [0.15, 0.2) is 0 Å². The number of ether oxygens (including phenoxy) is 2. The highest BCUT2D eigenvalue weighted by Crippen LogP contribution is 2.25. The van der Waals surface area contributed by atoms with Crippen LogP contribution >= 0.6 is 0 Å². The lowest BCUT2D eigenvalue weighted by atomic mass is 9.94. The zero-order valence-electron chi connectivity index (χ0n) is 14.8. The molecule has 0 radical (unpaired) electrons. The highest BCUT2D eigenvalue weighted by Gasteiger charge is 2.33. The second-order valence-electron chi connectivity index (χ2n) is 7.81. The Balaban J connectivity index is 1.73. The van der Waals surface area contributed by atoms with Gasteiger partial charge >= 0.3 is 6.09 Å². The van der Waals surface area contributed by atoms with E-state index in [0.717, 1.165) is 45.4 Å². The van der Waals surface area contributed by atoms with Crippen LogP contribution in [0.1, 0.15) is 59.3 Å². The third-order valence-electron chi connectivity index (χ3n) is 4.72. The number of carbonyl (C=O) groups is 1. The van der Waals surface area contributed by atoms with Crippen molar-refractivity contribution >= 4 is 6.09 Å². The van der Waals surface area contributed by atoms with Gasteiger partial charge in [0.05, 0.1) is 6.10 Å². The number of hydrazine groups is 1. The lowest BCUT2D eigenvalue weighted by Crippen LogP contribution is -2.43. The molecule has 3 N–H and O–H groups in total. The Bertz CT molecular complexity index is 378. The normalized spacial score (nSPS) is 26.5. The van der Waals surface area contributed by atoms with Crippen LogP contribution in [0.15, 0.2) is 0 Å². The third kappa shape index (κ3) is 5.94. The number of nitrogens with zero attached hydrogens (tertiary/aromatic N) is 1. The molecule has 0 aromatic rings. The summed E-state index contributed by atoms with van der Waals surface area (Å²) in [6.07, 6.45) is 6.85. The summed E-state index contributed by atoms with van der Waals surface area (Å²) in [4.78, 5) is 13.9. The van der Waals surface area contributed by atoms with E-state index in [1.165, 1.54) is 12.8 Å². The van der Waals surface area contributed by atoms with Crippen LogP contribution < -0.4 is 11.3 Å². The van der Waals surface area contributed by atoms with Crippen molar-refractivity contribution < 1.29 is 14.3 Å². The second-order valence-corrected chi connectivity index (χ2v) is 7.81. The fraction of sp³-hybridized carbons (Fsp3) is 0.941. The number of amides is 1. The summed E-state index contributed by atoms with van der Waals surface area (Å²) in [5, 5.41) is 0. The predicted molar refractivity (Wildman–Crippen MR) is 89.9 cm³/mol. The number of rotatable bonds is 6. The van der Waals surface area contributed by atoms with Crippen molar-refractivity contribution in [1.29, 1.82) is 0 Å². The maximum Gasteiger partial charge on any atom is 0.410 e. The van der Waals surface area contributed by atoms with Gasteiger partial charge < -0.3 is 14.4 Å². The molecule has 2 heterocycles. The molecule has 2 rings (SSSR count). The minimum absolute atomic E-state index is 0.213. The first-order valence-corrected chi connectivity index (χ1v) is 8.94. The van der Waals surface area contributed by atoms with Crippen molar-refractivity contribution in [2.24, 2.45) is 11.8 Å². The number of carbonyl (C=O) groups excluding carboxylic acids is 1. The summed E-state index contributed by atoms with van der Waals surface area (Å²) in [6, 6.07) is 0.254. The van der Waals surface area contributed by atoms with E-state index in [9.17, 15) is 4.79 Å². The Morgan fingerprint density at radius 2 is 2.22 bits per heavy atom. The molecule has 134 valence electrons. The van der Waals surface area contributed by atoms with Crippen molar-refractivity contribution in [3.8, 4) is 0 Å². The molecule has 1 amide bonds. The van der Waals surface area contributed by atoms with Crippen molar-refractivity contribution in [3.63, 3.8) is 0 Å². The minimum atomic E-state index is -0.442. The molecule has 2 fully saturated rings. The van der Waals surface area contributed by atoms with E-state index in [0.29, 0.717) is 12.0 Å². The molecule has 2 saturated heterocycles. The maximum atomic E-state index is 12.1. The van der Waals surface area contributed by atoms with E-state index >= 15 is 0 Å². The van der Waals surface area contributed by atoms with Crippen LogP contribution in [-0.2, 0) is 9.47 Å². The third-order valence-corrected chi connectivity index (χ3v) is 4.72. The van der Waals surface area contributed by atoms with Crippen molar-refractivity contribution in [1.82, 2.24) is 10.3 Å². The summed E-state index contributed by atoms with van der Waals surface area (Å²) < 4.78 is 11.1. The number of nitrogens with one attached hydrogen (secondary N) is 1. The Morgan fingerprint density at radius 1 is 1.43 bits per heavy atom. The highest BCUT2D eigenvalue weighted by atomic mass is 16.6. The zero-order valence-corrected chi connectivity index (χ0v) is 14.8. The average Bonchev–Trinajstić information content (AvgIpc) is 3.13. The van der Waals surface area contributed by atoms with Crippen LogP contribution in [-0.4, -0.2) is 48.4 Å². The van der Waals surface area contributed by atoms with E-state index in [4.69, 9.17) is 15.3 Å². The van der Waals surface area contributed by atoms with Crippen molar-refractivity contribution in [2.75, 3.05) is 19.7 Å². The molecule has 3 atom stereocenters. The van der Waals surface area contributed by atoms with E-state index < -0.39 is 5.60 Å². The summed E-state index contributed by atoms with van der Waals surface area (Å²) >= 11 is 0. The molecular weight excluding hydrogens is 294 g/mol. The van der Waals surface area contributed by atoms with Crippen LogP contribution in [0.4, 0.5) is 4.79 Å². The standard InChI is InChI=1S/C17H33N3O3/c1-17(2,3)23-16(21)20-10-9-13(12-20)15(19-18)8-4-6-14-7-5-11-22-14/h13-15,19H,4-12,18H2,1-3H3. The van der Waals surface area contributed by atoms with Gasteiger partial charge in [-0.2, -0.15) is 0 Å². The van der Waals surface area contributed by atoms with E-state index in [1.807, 2.05) is 20.8 Å². The Labute approximate surface area is 140 Å². The van der Waals surface area contributed by atoms with Crippen LogP contribution in [0.2, 0.25) is 0 Å². The second kappa shape index (κ2) is 8.31. The van der Waals surface area contributed by atoms with Crippen molar-refractivity contribution in [3.05, 3.63) is 0 Å². The first-order valence-electron chi connectivity index (χ1n) is 8.94. The average molecular weight is 327 g/mol. The number of hydrogen-bond acceptors (Lipinski definition) is 5. The molecule has 2 aliphatic heterocycles. The van der Waals surface area contributed by atoms with Gasteiger partial charge in [-0.05, 0) is 65.2 Å². The first kappa shape index (κ1) is 18.5. The van der Waals surface area contributed by atoms with Gasteiger partial charge in [0, 0.05) is 25.7 Å². The molecule has 6 nitrogen and oxygen atoms in total. The fourth-order valence-electron chi connectivity index (χ4n) is 3.50. The predicted octanol–water partition coefficient (Wildman–Crippen LogP) is 2.42. The maximum absolute atomic E-state index is 12.1. The summed E-state index contributed by atoms with van der Waals surface area (Å²) in [6.45, 7) is 8.08. The molecule has 2 aliphatic rings. The van der Waals surface area contributed by atoms with Gasteiger partial charge in [-0.1, -0.05) is 0 Å². The topological polar surface area (TPSA) is 76.8 Å². The summed E-state index contributed by atoms with van der Waals surface area (Å²) in [5.74, 6) is 6.15. The summed E-state index contributed by atoms with van der Waals surface area (Å²) in [5.41, 5.74) is 2.52. The number of hydrogen-bond donors (Lipinski definition) is 2. The molecule has 3 unspecified atom stereocenters. The van der Waals surface area contributed by atoms with E-state index in [-0.39, 0.29) is 12.1 Å². The van der Waals surface area contributed by atoms with Gasteiger partial charge in [-0.25, -0.2) is 4.79 Å². The van der Waals surface area contributed by atoms with Crippen LogP contribution in [0, 0.1) is 5.92 Å². The van der Waals surface area contributed by atoms with Gasteiger partial charge in [0.2, 0.25) is 0 Å². The van der Waals surface area contributed by atoms with Crippen LogP contribution in [0.3, 0.4) is 0 Å². The largest absolute Gasteiger partial charge is 0.444 e. The number of nitrogens with two attached hydrogens (primary N) is 1. The molecule has 6 heteroatoms. The molecule has 0 bridgehead atoms.